The maximum atomic E-state index is 11.8. The van der Waals surface area contributed by atoms with Gasteiger partial charge in [-0.25, -0.2) is 18.7 Å². The average Bonchev–Trinajstić information content (AvgIpc) is 2.72. The Morgan fingerprint density at radius 2 is 2.24 bits per heavy atom. The van der Waals surface area contributed by atoms with Crippen LogP contribution in [0.25, 0.3) is 10.2 Å². The number of hydrogen-bond acceptors (Lipinski definition) is 5. The summed E-state index contributed by atoms with van der Waals surface area (Å²) in [5, 5.41) is 2.71. The lowest BCUT2D eigenvalue weighted by molar-refractivity contribution is 0.0183. The van der Waals surface area contributed by atoms with Crippen LogP contribution in [0.2, 0.25) is 0 Å². The first-order chi connectivity index (χ1) is 8.16. The molecule has 0 amide bonds. The lowest BCUT2D eigenvalue weighted by atomic mass is 10.3. The van der Waals surface area contributed by atoms with Gasteiger partial charge in [-0.1, -0.05) is 0 Å². The predicted octanol–water partition coefficient (Wildman–Crippen LogP) is 2.10. The Bertz CT molecular complexity index is 503. The largest absolute Gasteiger partial charge is 0.383 e. The van der Waals surface area contributed by atoms with Crippen molar-refractivity contribution in [2.75, 3.05) is 18.9 Å². The molecule has 0 fully saturated rings. The number of nitrogens with zero attached hydrogens (tertiary/aromatic N) is 2. The molecule has 92 valence electrons. The van der Waals surface area contributed by atoms with Crippen molar-refractivity contribution in [3.63, 3.8) is 0 Å². The van der Waals surface area contributed by atoms with Gasteiger partial charge in [-0.05, 0) is 11.4 Å². The fourth-order valence-corrected chi connectivity index (χ4v) is 2.16. The SMILES string of the molecule is Nc1nc(CCOCC(F)F)nc2sccc12. The number of fused-ring (bicyclic) bond motifs is 1. The van der Waals surface area contributed by atoms with E-state index < -0.39 is 13.0 Å². The van der Waals surface area contributed by atoms with Gasteiger partial charge >= 0.3 is 0 Å². The van der Waals surface area contributed by atoms with E-state index in [0.29, 0.717) is 18.1 Å². The molecule has 0 unspecified atom stereocenters. The van der Waals surface area contributed by atoms with Crippen LogP contribution < -0.4 is 5.73 Å². The molecule has 2 rings (SSSR count). The number of nitrogens with two attached hydrogens (primary N) is 1. The molecule has 0 aliphatic carbocycles. The third-order valence-electron chi connectivity index (χ3n) is 2.11. The number of halogens is 2. The quantitative estimate of drug-likeness (QED) is 0.835. The first-order valence-corrected chi connectivity index (χ1v) is 5.90. The van der Waals surface area contributed by atoms with Crippen LogP contribution in [-0.4, -0.2) is 29.6 Å². The zero-order valence-corrected chi connectivity index (χ0v) is 9.71. The lowest BCUT2D eigenvalue weighted by Crippen LogP contribution is -2.09. The third-order valence-corrected chi connectivity index (χ3v) is 2.92. The van der Waals surface area contributed by atoms with Gasteiger partial charge in [0.25, 0.3) is 6.43 Å². The zero-order chi connectivity index (χ0) is 12.3. The minimum atomic E-state index is -2.44. The first-order valence-electron chi connectivity index (χ1n) is 5.02. The Morgan fingerprint density at radius 3 is 3.00 bits per heavy atom. The highest BCUT2D eigenvalue weighted by molar-refractivity contribution is 7.16. The molecule has 0 aliphatic rings. The number of thiophene rings is 1. The molecule has 17 heavy (non-hydrogen) atoms. The molecule has 0 bridgehead atoms. The van der Waals surface area contributed by atoms with Crippen molar-refractivity contribution >= 4 is 27.4 Å². The number of aromatic nitrogens is 2. The molecule has 2 aromatic rings. The van der Waals surface area contributed by atoms with Crippen molar-refractivity contribution in [2.45, 2.75) is 12.8 Å². The molecule has 2 heterocycles. The second kappa shape index (κ2) is 5.33. The van der Waals surface area contributed by atoms with Gasteiger partial charge in [0.1, 0.15) is 23.1 Å². The van der Waals surface area contributed by atoms with Crippen LogP contribution in [0.1, 0.15) is 5.82 Å². The number of alkyl halides is 2. The molecule has 2 aromatic heterocycles. The summed E-state index contributed by atoms with van der Waals surface area (Å²) in [6, 6.07) is 1.85. The number of anilines is 1. The van der Waals surface area contributed by atoms with Crippen LogP contribution in [0.4, 0.5) is 14.6 Å². The Kier molecular flexibility index (Phi) is 3.80. The van der Waals surface area contributed by atoms with Crippen LogP contribution in [0, 0.1) is 0 Å². The van der Waals surface area contributed by atoms with Crippen molar-refractivity contribution in [1.82, 2.24) is 9.97 Å². The third kappa shape index (κ3) is 3.07. The minimum absolute atomic E-state index is 0.167. The van der Waals surface area contributed by atoms with Crippen LogP contribution >= 0.6 is 11.3 Å². The van der Waals surface area contributed by atoms with Gasteiger partial charge in [0.05, 0.1) is 12.0 Å². The second-order valence-corrected chi connectivity index (χ2v) is 4.28. The average molecular weight is 259 g/mol. The van der Waals surface area contributed by atoms with E-state index in [1.54, 1.807) is 0 Å². The molecule has 0 spiro atoms. The number of nitrogen functional groups attached to an aromatic ring is 1. The fourth-order valence-electron chi connectivity index (χ4n) is 1.37. The van der Waals surface area contributed by atoms with E-state index in [4.69, 9.17) is 10.5 Å². The van der Waals surface area contributed by atoms with Gasteiger partial charge in [0.2, 0.25) is 0 Å². The summed E-state index contributed by atoms with van der Waals surface area (Å²) in [5.41, 5.74) is 5.75. The summed E-state index contributed by atoms with van der Waals surface area (Å²) in [5.74, 6) is 0.937. The molecule has 0 saturated carbocycles. The van der Waals surface area contributed by atoms with Crippen LogP contribution in [0.5, 0.6) is 0 Å². The molecule has 0 radical (unpaired) electrons. The first kappa shape index (κ1) is 12.1. The molecule has 4 nitrogen and oxygen atoms in total. The highest BCUT2D eigenvalue weighted by Crippen LogP contribution is 2.22. The summed E-state index contributed by atoms with van der Waals surface area (Å²) >= 11 is 1.47. The van der Waals surface area contributed by atoms with E-state index in [2.05, 4.69) is 9.97 Å². The molecular formula is C10H11F2N3OS. The Hall–Kier alpha value is -1.34. The molecule has 0 atom stereocenters. The van der Waals surface area contributed by atoms with Crippen molar-refractivity contribution in [3.8, 4) is 0 Å². The normalized spacial score (nSPS) is 11.5. The van der Waals surface area contributed by atoms with E-state index in [0.717, 1.165) is 10.2 Å². The Labute approximate surface area is 100 Å². The van der Waals surface area contributed by atoms with Crippen molar-refractivity contribution in [1.29, 1.82) is 0 Å². The molecule has 7 heteroatoms. The van der Waals surface area contributed by atoms with Gasteiger partial charge in [0.15, 0.2) is 0 Å². The fraction of sp³-hybridized carbons (Fsp3) is 0.400. The van der Waals surface area contributed by atoms with E-state index in [1.807, 2.05) is 11.4 Å². The van der Waals surface area contributed by atoms with E-state index in [1.165, 1.54) is 11.3 Å². The van der Waals surface area contributed by atoms with E-state index in [9.17, 15) is 8.78 Å². The Morgan fingerprint density at radius 1 is 1.41 bits per heavy atom. The lowest BCUT2D eigenvalue weighted by Gasteiger charge is -2.04. The summed E-state index contributed by atoms with van der Waals surface area (Å²) in [6.45, 7) is -0.391. The van der Waals surface area contributed by atoms with Gasteiger partial charge in [-0.15, -0.1) is 11.3 Å². The summed E-state index contributed by atoms with van der Waals surface area (Å²) in [6.07, 6.45) is -2.06. The van der Waals surface area contributed by atoms with Crippen molar-refractivity contribution in [2.24, 2.45) is 0 Å². The highest BCUT2D eigenvalue weighted by atomic mass is 32.1. The maximum absolute atomic E-state index is 11.8. The topological polar surface area (TPSA) is 61.0 Å². The maximum Gasteiger partial charge on any atom is 0.261 e. The summed E-state index contributed by atoms with van der Waals surface area (Å²) in [4.78, 5) is 9.18. The van der Waals surface area contributed by atoms with Crippen LogP contribution in [0.3, 0.4) is 0 Å². The van der Waals surface area contributed by atoms with E-state index in [-0.39, 0.29) is 6.61 Å². The molecule has 0 saturated heterocycles. The van der Waals surface area contributed by atoms with Gasteiger partial charge < -0.3 is 10.5 Å². The second-order valence-electron chi connectivity index (χ2n) is 3.38. The predicted molar refractivity (Wildman–Crippen MR) is 62.4 cm³/mol. The molecule has 0 aliphatic heterocycles. The number of hydrogen-bond donors (Lipinski definition) is 1. The van der Waals surface area contributed by atoms with Crippen LogP contribution in [0.15, 0.2) is 11.4 Å². The highest BCUT2D eigenvalue weighted by Gasteiger charge is 2.07. The molecule has 2 N–H and O–H groups in total. The zero-order valence-electron chi connectivity index (χ0n) is 8.90. The van der Waals surface area contributed by atoms with Gasteiger partial charge in [-0.3, -0.25) is 0 Å². The van der Waals surface area contributed by atoms with Crippen LogP contribution in [-0.2, 0) is 11.2 Å². The summed E-state index contributed by atoms with van der Waals surface area (Å²) in [7, 11) is 0. The monoisotopic (exact) mass is 259 g/mol. The van der Waals surface area contributed by atoms with Crippen molar-refractivity contribution < 1.29 is 13.5 Å². The van der Waals surface area contributed by atoms with Gasteiger partial charge in [-0.2, -0.15) is 0 Å². The number of ether oxygens (including phenoxy) is 1. The number of rotatable bonds is 5. The van der Waals surface area contributed by atoms with Gasteiger partial charge in [0, 0.05) is 6.42 Å². The summed E-state index contributed by atoms with van der Waals surface area (Å²) < 4.78 is 28.4. The minimum Gasteiger partial charge on any atom is -0.383 e. The van der Waals surface area contributed by atoms with E-state index >= 15 is 0 Å². The Balaban J connectivity index is 1.99. The van der Waals surface area contributed by atoms with Crippen molar-refractivity contribution in [3.05, 3.63) is 17.3 Å². The molecule has 0 aromatic carbocycles. The molecular weight excluding hydrogens is 248 g/mol. The smallest absolute Gasteiger partial charge is 0.261 e. The standard InChI is InChI=1S/C10H11F2N3OS/c11-7(12)5-16-3-1-8-14-9(13)6-2-4-17-10(6)15-8/h2,4,7H,1,3,5H2,(H2,13,14,15).